The average molecular weight is 319 g/mol. The number of nitrogens with zero attached hydrogens (tertiary/aromatic N) is 1. The van der Waals surface area contributed by atoms with Crippen molar-refractivity contribution in [3.05, 3.63) is 64.4 Å². The van der Waals surface area contributed by atoms with Crippen molar-refractivity contribution in [3.63, 3.8) is 0 Å². The van der Waals surface area contributed by atoms with Crippen molar-refractivity contribution < 1.29 is 4.79 Å². The minimum atomic E-state index is -0.0630. The Morgan fingerprint density at radius 1 is 1.21 bits per heavy atom. The highest BCUT2D eigenvalue weighted by molar-refractivity contribution is 9.10. The van der Waals surface area contributed by atoms with E-state index in [-0.39, 0.29) is 11.9 Å². The van der Waals surface area contributed by atoms with Gasteiger partial charge in [0.1, 0.15) is 0 Å². The van der Waals surface area contributed by atoms with Crippen molar-refractivity contribution in [1.29, 1.82) is 0 Å². The molecule has 1 heterocycles. The van der Waals surface area contributed by atoms with E-state index in [4.69, 9.17) is 0 Å². The second kappa shape index (κ2) is 6.48. The van der Waals surface area contributed by atoms with E-state index in [1.165, 1.54) is 5.56 Å². The van der Waals surface area contributed by atoms with E-state index in [9.17, 15) is 4.79 Å². The molecule has 1 atom stereocenters. The fourth-order valence-corrected chi connectivity index (χ4v) is 2.10. The molecule has 3 nitrogen and oxygen atoms in total. The minimum Gasteiger partial charge on any atom is -0.349 e. The van der Waals surface area contributed by atoms with E-state index in [0.717, 1.165) is 10.9 Å². The third-order valence-corrected chi connectivity index (χ3v) is 3.30. The standard InChI is InChI=1S/C15H15BrN2O/c1-11(10-12-2-4-14(16)5-3-12)18-15(19)13-6-8-17-9-7-13/h2-9,11H,10H2,1H3,(H,18,19). The highest BCUT2D eigenvalue weighted by Gasteiger charge is 2.09. The predicted molar refractivity (Wildman–Crippen MR) is 79.0 cm³/mol. The van der Waals surface area contributed by atoms with Gasteiger partial charge in [-0.15, -0.1) is 0 Å². The Morgan fingerprint density at radius 3 is 2.47 bits per heavy atom. The molecular weight excluding hydrogens is 304 g/mol. The fraction of sp³-hybridized carbons (Fsp3) is 0.200. The number of benzene rings is 1. The first-order valence-corrected chi connectivity index (χ1v) is 6.90. The zero-order valence-corrected chi connectivity index (χ0v) is 12.2. The Bertz CT molecular complexity index is 540. The molecule has 19 heavy (non-hydrogen) atoms. The summed E-state index contributed by atoms with van der Waals surface area (Å²) in [4.78, 5) is 15.9. The second-order valence-corrected chi connectivity index (χ2v) is 5.36. The van der Waals surface area contributed by atoms with E-state index in [1.807, 2.05) is 19.1 Å². The Hall–Kier alpha value is -1.68. The van der Waals surface area contributed by atoms with Gasteiger partial charge in [-0.1, -0.05) is 28.1 Å². The van der Waals surface area contributed by atoms with Crippen LogP contribution in [0.15, 0.2) is 53.3 Å². The van der Waals surface area contributed by atoms with E-state index in [2.05, 4.69) is 38.4 Å². The van der Waals surface area contributed by atoms with Gasteiger partial charge in [-0.3, -0.25) is 9.78 Å². The van der Waals surface area contributed by atoms with Gasteiger partial charge in [0.15, 0.2) is 0 Å². The van der Waals surface area contributed by atoms with Crippen LogP contribution < -0.4 is 5.32 Å². The summed E-state index contributed by atoms with van der Waals surface area (Å²) in [6.07, 6.45) is 4.05. The third-order valence-electron chi connectivity index (χ3n) is 2.78. The largest absolute Gasteiger partial charge is 0.349 e. The van der Waals surface area contributed by atoms with E-state index < -0.39 is 0 Å². The summed E-state index contributed by atoms with van der Waals surface area (Å²) >= 11 is 3.41. The number of pyridine rings is 1. The van der Waals surface area contributed by atoms with Gasteiger partial charge in [0.05, 0.1) is 0 Å². The van der Waals surface area contributed by atoms with Gasteiger partial charge in [0.2, 0.25) is 0 Å². The van der Waals surface area contributed by atoms with Crippen molar-refractivity contribution in [2.75, 3.05) is 0 Å². The van der Waals surface area contributed by atoms with Crippen molar-refractivity contribution in [3.8, 4) is 0 Å². The number of carbonyl (C=O) groups is 1. The topological polar surface area (TPSA) is 42.0 Å². The number of halogens is 1. The molecule has 1 N–H and O–H groups in total. The molecule has 0 fully saturated rings. The molecule has 1 unspecified atom stereocenters. The maximum Gasteiger partial charge on any atom is 0.251 e. The van der Waals surface area contributed by atoms with Crippen molar-refractivity contribution in [1.82, 2.24) is 10.3 Å². The summed E-state index contributed by atoms with van der Waals surface area (Å²) < 4.78 is 1.06. The molecule has 98 valence electrons. The zero-order valence-electron chi connectivity index (χ0n) is 10.6. The average Bonchev–Trinajstić information content (AvgIpc) is 2.42. The number of rotatable bonds is 4. The van der Waals surface area contributed by atoms with Crippen LogP contribution in [-0.2, 0) is 6.42 Å². The van der Waals surface area contributed by atoms with Crippen LogP contribution in [0.3, 0.4) is 0 Å². The molecule has 0 spiro atoms. The first kappa shape index (κ1) is 13.7. The lowest BCUT2D eigenvalue weighted by molar-refractivity contribution is 0.0940. The quantitative estimate of drug-likeness (QED) is 0.940. The second-order valence-electron chi connectivity index (χ2n) is 4.44. The van der Waals surface area contributed by atoms with Gasteiger partial charge in [-0.25, -0.2) is 0 Å². The lowest BCUT2D eigenvalue weighted by Crippen LogP contribution is -2.34. The highest BCUT2D eigenvalue weighted by atomic mass is 79.9. The number of amides is 1. The predicted octanol–water partition coefficient (Wildman–Crippen LogP) is 3.21. The van der Waals surface area contributed by atoms with Crippen LogP contribution in [0.1, 0.15) is 22.8 Å². The van der Waals surface area contributed by atoms with Crippen molar-refractivity contribution >= 4 is 21.8 Å². The highest BCUT2D eigenvalue weighted by Crippen LogP contribution is 2.12. The van der Waals surface area contributed by atoms with Crippen LogP contribution in [0.25, 0.3) is 0 Å². The minimum absolute atomic E-state index is 0.0630. The monoisotopic (exact) mass is 318 g/mol. The number of carbonyl (C=O) groups excluding carboxylic acids is 1. The van der Waals surface area contributed by atoms with E-state index in [0.29, 0.717) is 5.56 Å². The molecule has 1 amide bonds. The Labute approximate surface area is 121 Å². The summed E-state index contributed by atoms with van der Waals surface area (Å²) in [5.74, 6) is -0.0630. The van der Waals surface area contributed by atoms with Gasteiger partial charge >= 0.3 is 0 Å². The molecule has 0 saturated carbocycles. The number of nitrogens with one attached hydrogen (secondary N) is 1. The molecule has 2 aromatic rings. The molecule has 4 heteroatoms. The Kier molecular flexibility index (Phi) is 4.68. The summed E-state index contributed by atoms with van der Waals surface area (Å²) in [7, 11) is 0. The molecule has 0 bridgehead atoms. The van der Waals surface area contributed by atoms with E-state index >= 15 is 0 Å². The first-order chi connectivity index (χ1) is 9.15. The van der Waals surface area contributed by atoms with Crippen LogP contribution in [0.5, 0.6) is 0 Å². The summed E-state index contributed by atoms with van der Waals surface area (Å²) in [6.45, 7) is 2.00. The maximum absolute atomic E-state index is 12.0. The molecule has 0 radical (unpaired) electrons. The summed E-state index contributed by atoms with van der Waals surface area (Å²) in [5, 5.41) is 2.98. The van der Waals surface area contributed by atoms with Crippen molar-refractivity contribution in [2.45, 2.75) is 19.4 Å². The summed E-state index contributed by atoms with van der Waals surface area (Å²) in [6, 6.07) is 11.6. The number of aromatic nitrogens is 1. The van der Waals surface area contributed by atoms with Crippen molar-refractivity contribution in [2.24, 2.45) is 0 Å². The SMILES string of the molecule is CC(Cc1ccc(Br)cc1)NC(=O)c1ccncc1. The molecule has 0 aliphatic carbocycles. The van der Waals surface area contributed by atoms with Crippen LogP contribution in [0, 0.1) is 0 Å². The molecule has 1 aromatic carbocycles. The molecule has 0 saturated heterocycles. The molecular formula is C15H15BrN2O. The molecule has 1 aromatic heterocycles. The lowest BCUT2D eigenvalue weighted by Gasteiger charge is -2.14. The number of hydrogen-bond donors (Lipinski definition) is 1. The third kappa shape index (κ3) is 4.17. The maximum atomic E-state index is 12.0. The fourth-order valence-electron chi connectivity index (χ4n) is 1.84. The van der Waals surface area contributed by atoms with Crippen LogP contribution in [0.2, 0.25) is 0 Å². The Balaban J connectivity index is 1.92. The molecule has 2 rings (SSSR count). The smallest absolute Gasteiger partial charge is 0.251 e. The zero-order chi connectivity index (χ0) is 13.7. The van der Waals surface area contributed by atoms with Gasteiger partial charge in [-0.2, -0.15) is 0 Å². The normalized spacial score (nSPS) is 11.9. The van der Waals surface area contributed by atoms with Gasteiger partial charge in [-0.05, 0) is 43.2 Å². The lowest BCUT2D eigenvalue weighted by atomic mass is 10.1. The van der Waals surface area contributed by atoms with Gasteiger partial charge in [0.25, 0.3) is 5.91 Å². The van der Waals surface area contributed by atoms with Crippen LogP contribution >= 0.6 is 15.9 Å². The van der Waals surface area contributed by atoms with E-state index in [1.54, 1.807) is 24.5 Å². The first-order valence-electron chi connectivity index (χ1n) is 6.10. The van der Waals surface area contributed by atoms with Crippen LogP contribution in [0.4, 0.5) is 0 Å². The van der Waals surface area contributed by atoms with Gasteiger partial charge in [0, 0.05) is 28.5 Å². The summed E-state index contributed by atoms with van der Waals surface area (Å²) in [5.41, 5.74) is 1.84. The van der Waals surface area contributed by atoms with Crippen LogP contribution in [-0.4, -0.2) is 16.9 Å². The molecule has 0 aliphatic rings. The number of hydrogen-bond acceptors (Lipinski definition) is 2. The molecule has 0 aliphatic heterocycles. The van der Waals surface area contributed by atoms with Gasteiger partial charge < -0.3 is 5.32 Å². The Morgan fingerprint density at radius 2 is 1.84 bits per heavy atom.